The van der Waals surface area contributed by atoms with Crippen LogP contribution in [0.3, 0.4) is 0 Å². The Balaban J connectivity index is 2.08. The largest absolute Gasteiger partial charge is 0.385 e. The molecule has 0 saturated carbocycles. The zero-order chi connectivity index (χ0) is 17.1. The summed E-state index contributed by atoms with van der Waals surface area (Å²) < 4.78 is 9.62. The number of hydrogen-bond donors (Lipinski definition) is 0. The van der Waals surface area contributed by atoms with Crippen LogP contribution in [-0.4, -0.2) is 22.9 Å². The number of fused-ring (bicyclic) bond motifs is 1. The van der Waals surface area contributed by atoms with Gasteiger partial charge in [-0.2, -0.15) is 0 Å². The van der Waals surface area contributed by atoms with E-state index in [2.05, 4.69) is 15.9 Å². The maximum atomic E-state index is 12.8. The molecule has 0 unspecified atom stereocenters. The second kappa shape index (κ2) is 7.46. The quantitative estimate of drug-likeness (QED) is 0.588. The Kier molecular flexibility index (Phi) is 5.33. The normalized spacial score (nSPS) is 11.2. The van der Waals surface area contributed by atoms with Crippen molar-refractivity contribution < 1.29 is 4.74 Å². The average molecular weight is 409 g/mol. The summed E-state index contributed by atoms with van der Waals surface area (Å²) in [5.41, 5.74) is 1.22. The summed E-state index contributed by atoms with van der Waals surface area (Å²) >= 11 is 4.78. The molecule has 2 heterocycles. The van der Waals surface area contributed by atoms with Gasteiger partial charge in [0.2, 0.25) is 0 Å². The predicted octanol–water partition coefficient (Wildman–Crippen LogP) is 3.07. The molecular weight excluding hydrogens is 392 g/mol. The van der Waals surface area contributed by atoms with Crippen molar-refractivity contribution >= 4 is 37.5 Å². The summed E-state index contributed by atoms with van der Waals surface area (Å²) in [7, 11) is 1.61. The molecule has 0 aliphatic heterocycles. The number of methoxy groups -OCH3 is 1. The van der Waals surface area contributed by atoms with Gasteiger partial charge in [0.15, 0.2) is 0 Å². The lowest BCUT2D eigenvalue weighted by Gasteiger charge is -2.12. The first-order valence-corrected chi connectivity index (χ1v) is 9.23. The minimum absolute atomic E-state index is 0.215. The lowest BCUT2D eigenvalue weighted by Crippen LogP contribution is -2.40. The van der Waals surface area contributed by atoms with E-state index in [0.717, 1.165) is 10.0 Å². The third-order valence-electron chi connectivity index (χ3n) is 3.82. The summed E-state index contributed by atoms with van der Waals surface area (Å²) in [5, 5.41) is 1.85. The molecule has 0 atom stereocenters. The molecule has 0 N–H and O–H groups in total. The Morgan fingerprint density at radius 3 is 2.58 bits per heavy atom. The molecule has 24 heavy (non-hydrogen) atoms. The fourth-order valence-electron chi connectivity index (χ4n) is 2.62. The molecule has 0 bridgehead atoms. The molecule has 0 amide bonds. The van der Waals surface area contributed by atoms with Gasteiger partial charge in [0, 0.05) is 24.7 Å². The highest BCUT2D eigenvalue weighted by atomic mass is 79.9. The van der Waals surface area contributed by atoms with E-state index in [0.29, 0.717) is 36.3 Å². The van der Waals surface area contributed by atoms with Gasteiger partial charge >= 0.3 is 5.69 Å². The summed E-state index contributed by atoms with van der Waals surface area (Å²) in [6, 6.07) is 9.66. The molecule has 7 heteroatoms. The van der Waals surface area contributed by atoms with Gasteiger partial charge in [-0.3, -0.25) is 13.9 Å². The van der Waals surface area contributed by atoms with Crippen LogP contribution in [0.2, 0.25) is 0 Å². The predicted molar refractivity (Wildman–Crippen MR) is 100 cm³/mol. The molecule has 5 nitrogen and oxygen atoms in total. The standard InChI is InChI=1S/C17H17BrN2O3S/c1-23-9-2-8-19-16(21)15-14(7-10-24-15)20(17(19)22)11-12-3-5-13(18)6-4-12/h3-7,10H,2,8-9,11H2,1H3. The van der Waals surface area contributed by atoms with Crippen LogP contribution in [0, 0.1) is 0 Å². The van der Waals surface area contributed by atoms with E-state index in [1.807, 2.05) is 35.7 Å². The highest BCUT2D eigenvalue weighted by molar-refractivity contribution is 9.10. The minimum Gasteiger partial charge on any atom is -0.385 e. The lowest BCUT2D eigenvalue weighted by molar-refractivity contribution is 0.189. The van der Waals surface area contributed by atoms with E-state index in [1.54, 1.807) is 11.7 Å². The number of aromatic nitrogens is 2. The minimum atomic E-state index is -0.273. The molecule has 3 aromatic rings. The summed E-state index contributed by atoms with van der Waals surface area (Å²) in [5.74, 6) is 0. The Hall–Kier alpha value is -1.70. The van der Waals surface area contributed by atoms with E-state index in [-0.39, 0.29) is 11.2 Å². The first-order valence-electron chi connectivity index (χ1n) is 7.56. The molecule has 2 aromatic heterocycles. The second-order valence-electron chi connectivity index (χ2n) is 5.43. The van der Waals surface area contributed by atoms with Crippen molar-refractivity contribution in [1.82, 2.24) is 9.13 Å². The number of halogens is 1. The van der Waals surface area contributed by atoms with Crippen LogP contribution in [-0.2, 0) is 17.8 Å². The number of hydrogen-bond acceptors (Lipinski definition) is 4. The monoisotopic (exact) mass is 408 g/mol. The van der Waals surface area contributed by atoms with E-state index in [9.17, 15) is 9.59 Å². The number of rotatable bonds is 6. The van der Waals surface area contributed by atoms with Gasteiger partial charge in [-0.05, 0) is 35.6 Å². The first-order chi connectivity index (χ1) is 11.6. The number of benzene rings is 1. The maximum absolute atomic E-state index is 12.8. The SMILES string of the molecule is COCCCn1c(=O)c2sccc2n(Cc2ccc(Br)cc2)c1=O. The van der Waals surface area contributed by atoms with E-state index in [4.69, 9.17) is 4.74 Å². The average Bonchev–Trinajstić information content (AvgIpc) is 3.06. The highest BCUT2D eigenvalue weighted by Crippen LogP contribution is 2.17. The molecule has 0 spiro atoms. The molecule has 0 saturated heterocycles. The van der Waals surface area contributed by atoms with Crippen LogP contribution in [0.5, 0.6) is 0 Å². The second-order valence-corrected chi connectivity index (χ2v) is 7.27. The smallest absolute Gasteiger partial charge is 0.331 e. The summed E-state index contributed by atoms with van der Waals surface area (Å²) in [6.07, 6.45) is 0.626. The van der Waals surface area contributed by atoms with Crippen molar-refractivity contribution in [3.05, 3.63) is 66.6 Å². The van der Waals surface area contributed by atoms with Crippen LogP contribution < -0.4 is 11.2 Å². The number of ether oxygens (including phenoxy) is 1. The van der Waals surface area contributed by atoms with Gasteiger partial charge < -0.3 is 4.74 Å². The zero-order valence-electron chi connectivity index (χ0n) is 13.2. The lowest BCUT2D eigenvalue weighted by atomic mass is 10.2. The van der Waals surface area contributed by atoms with Crippen LogP contribution >= 0.6 is 27.3 Å². The molecule has 0 aliphatic carbocycles. The first kappa shape index (κ1) is 17.1. The molecule has 0 aliphatic rings. The fraction of sp³-hybridized carbons (Fsp3) is 0.294. The van der Waals surface area contributed by atoms with Gasteiger partial charge in [0.1, 0.15) is 4.70 Å². The maximum Gasteiger partial charge on any atom is 0.331 e. The van der Waals surface area contributed by atoms with Crippen molar-refractivity contribution in [3.63, 3.8) is 0 Å². The highest BCUT2D eigenvalue weighted by Gasteiger charge is 2.14. The topological polar surface area (TPSA) is 53.2 Å². The third kappa shape index (κ3) is 3.38. The molecule has 0 radical (unpaired) electrons. The van der Waals surface area contributed by atoms with Crippen molar-refractivity contribution in [1.29, 1.82) is 0 Å². The van der Waals surface area contributed by atoms with Gasteiger partial charge in [-0.1, -0.05) is 28.1 Å². The van der Waals surface area contributed by atoms with Crippen LogP contribution in [0.1, 0.15) is 12.0 Å². The zero-order valence-corrected chi connectivity index (χ0v) is 15.6. The van der Waals surface area contributed by atoms with Gasteiger partial charge in [0.05, 0.1) is 12.1 Å². The molecule has 3 rings (SSSR count). The van der Waals surface area contributed by atoms with Crippen molar-refractivity contribution in [2.45, 2.75) is 19.5 Å². The van der Waals surface area contributed by atoms with Crippen molar-refractivity contribution in [2.75, 3.05) is 13.7 Å². The molecule has 0 fully saturated rings. The Morgan fingerprint density at radius 2 is 1.88 bits per heavy atom. The Morgan fingerprint density at radius 1 is 1.12 bits per heavy atom. The third-order valence-corrected chi connectivity index (χ3v) is 5.24. The molecule has 126 valence electrons. The molecule has 1 aromatic carbocycles. The van der Waals surface area contributed by atoms with E-state index in [1.165, 1.54) is 15.9 Å². The fourth-order valence-corrected chi connectivity index (χ4v) is 3.73. The van der Waals surface area contributed by atoms with E-state index < -0.39 is 0 Å². The Bertz CT molecular complexity index is 957. The van der Waals surface area contributed by atoms with Gasteiger partial charge in [-0.15, -0.1) is 11.3 Å². The number of nitrogens with zero attached hydrogens (tertiary/aromatic N) is 2. The summed E-state index contributed by atoms with van der Waals surface area (Å²) in [4.78, 5) is 25.4. The van der Waals surface area contributed by atoms with Gasteiger partial charge in [0.25, 0.3) is 5.56 Å². The van der Waals surface area contributed by atoms with Crippen LogP contribution in [0.4, 0.5) is 0 Å². The van der Waals surface area contributed by atoms with Crippen LogP contribution in [0.15, 0.2) is 49.8 Å². The summed E-state index contributed by atoms with van der Waals surface area (Å²) in [6.45, 7) is 1.31. The van der Waals surface area contributed by atoms with Crippen LogP contribution in [0.25, 0.3) is 10.2 Å². The number of thiophene rings is 1. The van der Waals surface area contributed by atoms with Gasteiger partial charge in [-0.25, -0.2) is 4.79 Å². The Labute approximate surface area is 151 Å². The molecular formula is C17H17BrN2O3S. The van der Waals surface area contributed by atoms with E-state index >= 15 is 0 Å². The van der Waals surface area contributed by atoms with Crippen molar-refractivity contribution in [3.8, 4) is 0 Å². The van der Waals surface area contributed by atoms with Crippen molar-refractivity contribution in [2.24, 2.45) is 0 Å².